The van der Waals surface area contributed by atoms with Gasteiger partial charge in [0, 0.05) is 0 Å². The summed E-state index contributed by atoms with van der Waals surface area (Å²) in [5, 5.41) is 1.91. The van der Waals surface area contributed by atoms with E-state index in [0.29, 0.717) is 0 Å². The third-order valence-electron chi connectivity index (χ3n) is 0.674. The molecule has 0 saturated carbocycles. The van der Waals surface area contributed by atoms with Gasteiger partial charge in [-0.2, -0.15) is 0 Å². The summed E-state index contributed by atoms with van der Waals surface area (Å²) in [7, 11) is 0. The highest BCUT2D eigenvalue weighted by Gasteiger charge is 1.89. The summed E-state index contributed by atoms with van der Waals surface area (Å²) in [4.78, 5) is 0. The maximum atomic E-state index is 5.37. The molecule has 38 valence electrons. The molecule has 3 heteroatoms. The van der Waals surface area contributed by atoms with E-state index in [1.54, 1.807) is 11.3 Å². The minimum Gasteiger partial charge on any atom is -0.397 e. The Kier molecular flexibility index (Phi) is 1.25. The number of hydrogen-bond acceptors (Lipinski definition) is 3. The van der Waals surface area contributed by atoms with Crippen molar-refractivity contribution < 1.29 is 0 Å². The molecule has 7 heavy (non-hydrogen) atoms. The maximum absolute atomic E-state index is 5.37. The van der Waals surface area contributed by atoms with Crippen LogP contribution in [0.15, 0.2) is 15.7 Å². The van der Waals surface area contributed by atoms with E-state index in [-0.39, 0.29) is 0 Å². The Morgan fingerprint density at radius 3 is 2.57 bits per heavy atom. The summed E-state index contributed by atoms with van der Waals surface area (Å²) >= 11 is 5.59. The van der Waals surface area contributed by atoms with Crippen molar-refractivity contribution in [1.29, 1.82) is 0 Å². The number of anilines is 1. The number of nitrogen functional groups attached to an aromatic ring is 1. The first-order valence-corrected chi connectivity index (χ1v) is 3.15. The molecule has 0 aromatic carbocycles. The zero-order chi connectivity index (χ0) is 5.28. The van der Waals surface area contributed by atoms with Crippen LogP contribution in [0, 0.1) is 0 Å². The number of thiol groups is 1. The number of rotatable bonds is 0. The molecule has 1 rings (SSSR count). The molecule has 0 unspecified atom stereocenters. The van der Waals surface area contributed by atoms with Crippen LogP contribution < -0.4 is 5.73 Å². The molecule has 0 aliphatic rings. The van der Waals surface area contributed by atoms with E-state index in [1.165, 1.54) is 0 Å². The fourth-order valence-electron chi connectivity index (χ4n) is 0.311. The van der Waals surface area contributed by atoms with Gasteiger partial charge >= 0.3 is 0 Å². The largest absolute Gasteiger partial charge is 0.397 e. The molecule has 0 saturated heterocycles. The third-order valence-corrected chi connectivity index (χ3v) is 1.98. The highest BCUT2D eigenvalue weighted by molar-refractivity contribution is 7.83. The van der Waals surface area contributed by atoms with Crippen LogP contribution in [0.25, 0.3) is 0 Å². The van der Waals surface area contributed by atoms with Gasteiger partial charge in [-0.05, 0) is 11.4 Å². The van der Waals surface area contributed by atoms with E-state index in [2.05, 4.69) is 12.6 Å². The molecule has 0 aliphatic heterocycles. The second-order valence-corrected chi connectivity index (χ2v) is 2.85. The number of thiophene rings is 1. The summed E-state index contributed by atoms with van der Waals surface area (Å²) in [6.45, 7) is 0. The predicted molar refractivity (Wildman–Crippen MR) is 36.0 cm³/mol. The maximum Gasteiger partial charge on any atom is 0.0798 e. The van der Waals surface area contributed by atoms with Gasteiger partial charge in [-0.3, -0.25) is 0 Å². The lowest BCUT2D eigenvalue weighted by Gasteiger charge is -1.80. The second kappa shape index (κ2) is 1.76. The lowest BCUT2D eigenvalue weighted by atomic mass is 10.6. The molecule has 2 N–H and O–H groups in total. The molecule has 1 aromatic heterocycles. The highest BCUT2D eigenvalue weighted by Crippen LogP contribution is 2.21. The molecule has 0 atom stereocenters. The van der Waals surface area contributed by atoms with Crippen molar-refractivity contribution in [1.82, 2.24) is 0 Å². The molecule has 0 spiro atoms. The summed E-state index contributed by atoms with van der Waals surface area (Å²) in [5.74, 6) is 0. The van der Waals surface area contributed by atoms with Crippen molar-refractivity contribution in [2.75, 3.05) is 5.73 Å². The van der Waals surface area contributed by atoms with Crippen molar-refractivity contribution in [3.8, 4) is 0 Å². The van der Waals surface area contributed by atoms with Crippen LogP contribution in [0.4, 0.5) is 5.69 Å². The van der Waals surface area contributed by atoms with Gasteiger partial charge in [-0.15, -0.1) is 24.0 Å². The average Bonchev–Trinajstić information content (AvgIpc) is 1.91. The standard InChI is InChI=1S/C4H5NS2/c5-3-1-2-7-4(3)6/h1-2,6H,5H2. The lowest BCUT2D eigenvalue weighted by molar-refractivity contribution is 1.71. The fraction of sp³-hybridized carbons (Fsp3) is 0. The minimum atomic E-state index is 0.772. The third kappa shape index (κ3) is 0.894. The van der Waals surface area contributed by atoms with Crippen molar-refractivity contribution in [2.24, 2.45) is 0 Å². The van der Waals surface area contributed by atoms with Gasteiger partial charge in [0.15, 0.2) is 0 Å². The van der Waals surface area contributed by atoms with Gasteiger partial charge in [0.25, 0.3) is 0 Å². The van der Waals surface area contributed by atoms with Gasteiger partial charge in [-0.1, -0.05) is 0 Å². The molecule has 0 fully saturated rings. The summed E-state index contributed by atoms with van der Waals surface area (Å²) in [6.07, 6.45) is 0. The fourth-order valence-corrected chi connectivity index (χ4v) is 1.12. The van der Waals surface area contributed by atoms with Crippen molar-refractivity contribution in [2.45, 2.75) is 4.21 Å². The zero-order valence-electron chi connectivity index (χ0n) is 3.59. The summed E-state index contributed by atoms with van der Waals surface area (Å²) in [6, 6.07) is 1.84. The molecular formula is C4H5NS2. The van der Waals surface area contributed by atoms with E-state index < -0.39 is 0 Å². The highest BCUT2D eigenvalue weighted by atomic mass is 32.2. The van der Waals surface area contributed by atoms with Crippen LogP contribution >= 0.6 is 24.0 Å². The molecular weight excluding hydrogens is 126 g/mol. The first kappa shape index (κ1) is 5.00. The van der Waals surface area contributed by atoms with Crippen LogP contribution in [-0.2, 0) is 0 Å². The molecule has 1 heterocycles. The van der Waals surface area contributed by atoms with Crippen LogP contribution in [0.1, 0.15) is 0 Å². The van der Waals surface area contributed by atoms with Gasteiger partial charge in [0.1, 0.15) is 0 Å². The minimum absolute atomic E-state index is 0.772. The van der Waals surface area contributed by atoms with Crippen LogP contribution in [-0.4, -0.2) is 0 Å². The van der Waals surface area contributed by atoms with Crippen LogP contribution in [0.5, 0.6) is 0 Å². The van der Waals surface area contributed by atoms with Crippen molar-refractivity contribution in [3.63, 3.8) is 0 Å². The van der Waals surface area contributed by atoms with Gasteiger partial charge in [-0.25, -0.2) is 0 Å². The van der Waals surface area contributed by atoms with E-state index in [9.17, 15) is 0 Å². The Morgan fingerprint density at radius 2 is 2.43 bits per heavy atom. The Labute approximate surface area is 51.6 Å². The van der Waals surface area contributed by atoms with Crippen LogP contribution in [0.2, 0.25) is 0 Å². The quantitative estimate of drug-likeness (QED) is 0.514. The Hall–Kier alpha value is -0.150. The zero-order valence-corrected chi connectivity index (χ0v) is 5.30. The topological polar surface area (TPSA) is 26.0 Å². The summed E-state index contributed by atoms with van der Waals surface area (Å²) < 4.78 is 0.903. The normalized spacial score (nSPS) is 9.29. The van der Waals surface area contributed by atoms with E-state index in [1.807, 2.05) is 11.4 Å². The van der Waals surface area contributed by atoms with Crippen LogP contribution in [0.3, 0.4) is 0 Å². The van der Waals surface area contributed by atoms with Crippen molar-refractivity contribution >= 4 is 29.7 Å². The van der Waals surface area contributed by atoms with Gasteiger partial charge in [0.05, 0.1) is 9.90 Å². The first-order valence-electron chi connectivity index (χ1n) is 1.82. The first-order chi connectivity index (χ1) is 3.30. The molecule has 1 nitrogen and oxygen atoms in total. The molecule has 1 aromatic rings. The predicted octanol–water partition coefficient (Wildman–Crippen LogP) is 1.62. The van der Waals surface area contributed by atoms with Gasteiger partial charge in [0.2, 0.25) is 0 Å². The molecule has 0 aliphatic carbocycles. The second-order valence-electron chi connectivity index (χ2n) is 1.18. The van der Waals surface area contributed by atoms with E-state index in [4.69, 9.17) is 5.73 Å². The Morgan fingerprint density at radius 1 is 1.71 bits per heavy atom. The average molecular weight is 131 g/mol. The van der Waals surface area contributed by atoms with Gasteiger partial charge < -0.3 is 5.73 Å². The Balaban J connectivity index is 3.12. The number of hydrogen-bond donors (Lipinski definition) is 2. The molecule has 0 radical (unpaired) electrons. The number of nitrogens with two attached hydrogens (primary N) is 1. The van der Waals surface area contributed by atoms with E-state index >= 15 is 0 Å². The molecule has 0 amide bonds. The smallest absolute Gasteiger partial charge is 0.0798 e. The van der Waals surface area contributed by atoms with Crippen molar-refractivity contribution in [3.05, 3.63) is 11.4 Å². The Bertz CT molecular complexity index is 142. The van der Waals surface area contributed by atoms with E-state index in [0.717, 1.165) is 9.90 Å². The summed E-state index contributed by atoms with van der Waals surface area (Å²) in [5.41, 5.74) is 6.15. The SMILES string of the molecule is Nc1ccsc1S. The lowest BCUT2D eigenvalue weighted by Crippen LogP contribution is -1.77. The molecule has 0 bridgehead atoms. The monoisotopic (exact) mass is 131 g/mol.